The molecule has 2 N–H and O–H groups in total. The van der Waals surface area contributed by atoms with Crippen molar-refractivity contribution in [3.05, 3.63) is 46.5 Å². The quantitative estimate of drug-likeness (QED) is 0.677. The summed E-state index contributed by atoms with van der Waals surface area (Å²) in [4.78, 5) is 0. The average Bonchev–Trinajstić information content (AvgIpc) is 2.36. The molecular formula is C22H30O2. The van der Waals surface area contributed by atoms with E-state index in [4.69, 9.17) is 0 Å². The molecule has 0 unspecified atom stereocenters. The van der Waals surface area contributed by atoms with E-state index in [-0.39, 0.29) is 16.6 Å². The molecule has 0 saturated heterocycles. The molecule has 0 bridgehead atoms. The van der Waals surface area contributed by atoms with E-state index in [1.54, 1.807) is 6.07 Å². The van der Waals surface area contributed by atoms with Crippen molar-refractivity contribution in [1.82, 2.24) is 0 Å². The molecule has 0 aliphatic carbocycles. The molecule has 0 spiro atoms. The van der Waals surface area contributed by atoms with Crippen LogP contribution in [0.1, 0.15) is 63.8 Å². The first-order chi connectivity index (χ1) is 10.8. The molecule has 0 heterocycles. The third kappa shape index (κ3) is 3.43. The van der Waals surface area contributed by atoms with Crippen molar-refractivity contribution in [2.45, 2.75) is 66.2 Å². The molecular weight excluding hydrogens is 296 g/mol. The lowest BCUT2D eigenvalue weighted by Crippen LogP contribution is -2.17. The predicted molar refractivity (Wildman–Crippen MR) is 102 cm³/mol. The fourth-order valence-electron chi connectivity index (χ4n) is 3.24. The Balaban J connectivity index is 2.87. The van der Waals surface area contributed by atoms with Gasteiger partial charge in [-0.15, -0.1) is 0 Å². The Hall–Kier alpha value is -1.96. The summed E-state index contributed by atoms with van der Waals surface area (Å²) in [6, 6.07) is 7.90. The summed E-state index contributed by atoms with van der Waals surface area (Å²) in [5, 5.41) is 21.4. The molecule has 2 aromatic rings. The Morgan fingerprint density at radius 3 is 1.54 bits per heavy atom. The number of phenolic OH excluding ortho intramolecular Hbond substituents is 2. The molecule has 0 radical (unpaired) electrons. The van der Waals surface area contributed by atoms with Crippen LogP contribution in [0, 0.1) is 13.8 Å². The van der Waals surface area contributed by atoms with E-state index >= 15 is 0 Å². The first kappa shape index (κ1) is 18.4. The van der Waals surface area contributed by atoms with Crippen LogP contribution in [0.4, 0.5) is 0 Å². The van der Waals surface area contributed by atoms with Gasteiger partial charge in [0.2, 0.25) is 0 Å². The number of aryl methyl sites for hydroxylation is 2. The fraction of sp³-hybridized carbons (Fsp3) is 0.455. The van der Waals surface area contributed by atoms with Gasteiger partial charge in [-0.2, -0.15) is 0 Å². The number of hydrogen-bond donors (Lipinski definition) is 2. The molecule has 0 aliphatic rings. The summed E-state index contributed by atoms with van der Waals surface area (Å²) in [6.45, 7) is 16.6. The van der Waals surface area contributed by atoms with E-state index in [1.807, 2.05) is 26.0 Å². The summed E-state index contributed by atoms with van der Waals surface area (Å²) in [6.07, 6.45) is 0. The molecule has 24 heavy (non-hydrogen) atoms. The molecule has 0 aromatic heterocycles. The lowest BCUT2D eigenvalue weighted by molar-refractivity contribution is 0.423. The Labute approximate surface area is 146 Å². The third-order valence-electron chi connectivity index (χ3n) is 4.47. The monoisotopic (exact) mass is 326 g/mol. The van der Waals surface area contributed by atoms with Gasteiger partial charge in [0.1, 0.15) is 11.5 Å². The van der Waals surface area contributed by atoms with Crippen LogP contribution in [0.5, 0.6) is 11.5 Å². The molecule has 0 aliphatic heterocycles. The second-order valence-corrected chi connectivity index (χ2v) is 8.90. The highest BCUT2D eigenvalue weighted by Gasteiger charge is 2.27. The second kappa shape index (κ2) is 5.84. The zero-order valence-electron chi connectivity index (χ0n) is 16.2. The maximum atomic E-state index is 10.9. The average molecular weight is 326 g/mol. The van der Waals surface area contributed by atoms with Gasteiger partial charge in [-0.3, -0.25) is 0 Å². The largest absolute Gasteiger partial charge is 0.507 e. The van der Waals surface area contributed by atoms with Gasteiger partial charge in [-0.05, 0) is 59.6 Å². The van der Waals surface area contributed by atoms with E-state index in [9.17, 15) is 10.2 Å². The van der Waals surface area contributed by atoms with E-state index in [0.717, 1.165) is 33.4 Å². The van der Waals surface area contributed by atoms with Crippen molar-refractivity contribution in [3.63, 3.8) is 0 Å². The van der Waals surface area contributed by atoms with E-state index in [2.05, 4.69) is 47.6 Å². The minimum Gasteiger partial charge on any atom is -0.507 e. The van der Waals surface area contributed by atoms with E-state index in [1.165, 1.54) is 0 Å². The standard InChI is InChI=1S/C22H30O2/c1-13-9-14(2)19(18(23)10-13)15-11-16(21(3,4)5)20(24)17(12-15)22(6,7)8/h9-12,23-24H,1-8H3. The minimum atomic E-state index is -0.186. The highest BCUT2D eigenvalue weighted by atomic mass is 16.3. The van der Waals surface area contributed by atoms with Gasteiger partial charge in [-0.1, -0.05) is 47.6 Å². The van der Waals surface area contributed by atoms with E-state index < -0.39 is 0 Å². The zero-order chi connectivity index (χ0) is 18.4. The molecule has 2 aromatic carbocycles. The SMILES string of the molecule is Cc1cc(C)c(-c2cc(C(C)(C)C)c(O)c(C(C)(C)C)c2)c(O)c1. The number of benzene rings is 2. The van der Waals surface area contributed by atoms with Gasteiger partial charge >= 0.3 is 0 Å². The Morgan fingerprint density at radius 2 is 1.17 bits per heavy atom. The number of phenols is 2. The first-order valence-electron chi connectivity index (χ1n) is 8.51. The second-order valence-electron chi connectivity index (χ2n) is 8.90. The van der Waals surface area contributed by atoms with Gasteiger partial charge in [-0.25, -0.2) is 0 Å². The van der Waals surface area contributed by atoms with Crippen molar-refractivity contribution >= 4 is 0 Å². The Morgan fingerprint density at radius 1 is 0.708 bits per heavy atom. The van der Waals surface area contributed by atoms with Crippen LogP contribution in [0.2, 0.25) is 0 Å². The summed E-state index contributed by atoms with van der Waals surface area (Å²) >= 11 is 0. The number of rotatable bonds is 1. The summed E-state index contributed by atoms with van der Waals surface area (Å²) in [5.74, 6) is 0.654. The van der Waals surface area contributed by atoms with Gasteiger partial charge < -0.3 is 10.2 Å². The zero-order valence-corrected chi connectivity index (χ0v) is 16.2. The molecule has 2 rings (SSSR count). The molecule has 130 valence electrons. The van der Waals surface area contributed by atoms with Crippen molar-refractivity contribution in [2.24, 2.45) is 0 Å². The third-order valence-corrected chi connectivity index (χ3v) is 4.47. The molecule has 0 saturated carbocycles. The van der Waals surface area contributed by atoms with Gasteiger partial charge in [0.05, 0.1) is 0 Å². The number of aromatic hydroxyl groups is 2. The maximum absolute atomic E-state index is 10.9. The van der Waals surface area contributed by atoms with Crippen molar-refractivity contribution < 1.29 is 10.2 Å². The van der Waals surface area contributed by atoms with Crippen molar-refractivity contribution in [3.8, 4) is 22.6 Å². The van der Waals surface area contributed by atoms with Crippen LogP contribution in [0.3, 0.4) is 0 Å². The molecule has 0 amide bonds. The van der Waals surface area contributed by atoms with Crippen LogP contribution in [0.15, 0.2) is 24.3 Å². The smallest absolute Gasteiger partial charge is 0.123 e. The van der Waals surface area contributed by atoms with Gasteiger partial charge in [0.15, 0.2) is 0 Å². The van der Waals surface area contributed by atoms with Crippen LogP contribution in [0.25, 0.3) is 11.1 Å². The van der Waals surface area contributed by atoms with Crippen LogP contribution >= 0.6 is 0 Å². The molecule has 2 nitrogen and oxygen atoms in total. The highest BCUT2D eigenvalue weighted by Crippen LogP contribution is 2.44. The normalized spacial score (nSPS) is 12.5. The summed E-state index contributed by atoms with van der Waals surface area (Å²) in [5.41, 5.74) is 5.32. The lowest BCUT2D eigenvalue weighted by Gasteiger charge is -2.28. The first-order valence-corrected chi connectivity index (χ1v) is 8.51. The summed E-state index contributed by atoms with van der Waals surface area (Å²) < 4.78 is 0. The highest BCUT2D eigenvalue weighted by molar-refractivity contribution is 5.77. The maximum Gasteiger partial charge on any atom is 0.123 e. The van der Waals surface area contributed by atoms with Gasteiger partial charge in [0.25, 0.3) is 0 Å². The molecule has 0 fully saturated rings. The van der Waals surface area contributed by atoms with Gasteiger partial charge in [0, 0.05) is 16.7 Å². The minimum absolute atomic E-state index is 0.186. The molecule has 0 atom stereocenters. The number of hydrogen-bond acceptors (Lipinski definition) is 2. The Kier molecular flexibility index (Phi) is 4.47. The predicted octanol–water partition coefficient (Wildman–Crippen LogP) is 5.98. The molecule has 2 heteroatoms. The lowest BCUT2D eigenvalue weighted by atomic mass is 9.77. The van der Waals surface area contributed by atoms with Crippen molar-refractivity contribution in [2.75, 3.05) is 0 Å². The van der Waals surface area contributed by atoms with Crippen LogP contribution in [-0.2, 0) is 10.8 Å². The van der Waals surface area contributed by atoms with Crippen LogP contribution < -0.4 is 0 Å². The van der Waals surface area contributed by atoms with Crippen LogP contribution in [-0.4, -0.2) is 10.2 Å². The fourth-order valence-corrected chi connectivity index (χ4v) is 3.24. The van der Waals surface area contributed by atoms with E-state index in [0.29, 0.717) is 5.75 Å². The Bertz CT molecular complexity index is 714. The van der Waals surface area contributed by atoms with Crippen molar-refractivity contribution in [1.29, 1.82) is 0 Å². The summed E-state index contributed by atoms with van der Waals surface area (Å²) in [7, 11) is 0. The topological polar surface area (TPSA) is 40.5 Å².